The lowest BCUT2D eigenvalue weighted by atomic mass is 9.85. The Morgan fingerprint density at radius 3 is 2.90 bits per heavy atom. The van der Waals surface area contributed by atoms with E-state index < -0.39 is 0 Å². The summed E-state index contributed by atoms with van der Waals surface area (Å²) in [6.07, 6.45) is 6.32. The van der Waals surface area contributed by atoms with Gasteiger partial charge in [0, 0.05) is 18.5 Å². The van der Waals surface area contributed by atoms with E-state index in [0.717, 1.165) is 17.8 Å². The van der Waals surface area contributed by atoms with Gasteiger partial charge in [-0.25, -0.2) is 0 Å². The first-order valence-corrected chi connectivity index (χ1v) is 7.66. The van der Waals surface area contributed by atoms with E-state index in [1.807, 2.05) is 6.07 Å². The molecule has 1 aromatic rings. The van der Waals surface area contributed by atoms with E-state index in [4.69, 9.17) is 0 Å². The maximum absolute atomic E-state index is 11.0. The zero-order valence-corrected chi connectivity index (χ0v) is 12.4. The molecule has 0 saturated carbocycles. The molecule has 0 amide bonds. The molecule has 0 bridgehead atoms. The molecule has 0 radical (unpaired) electrons. The van der Waals surface area contributed by atoms with E-state index in [1.165, 1.54) is 32.1 Å². The fraction of sp³-hybridized carbons (Fsp3) is 0.625. The molecule has 4 nitrogen and oxygen atoms in total. The summed E-state index contributed by atoms with van der Waals surface area (Å²) in [5.74, 6) is 0.981. The summed E-state index contributed by atoms with van der Waals surface area (Å²) in [7, 11) is 0. The number of hydrogen-bond donors (Lipinski definition) is 1. The van der Waals surface area contributed by atoms with Gasteiger partial charge in [0.05, 0.1) is 4.92 Å². The summed E-state index contributed by atoms with van der Waals surface area (Å²) in [6, 6.07) is 5.43. The number of unbranched alkanes of at least 4 members (excludes halogenated alkanes) is 3. The molecule has 1 heterocycles. The molecule has 1 aliphatic rings. The zero-order chi connectivity index (χ0) is 14.5. The van der Waals surface area contributed by atoms with Crippen LogP contribution in [0.1, 0.15) is 57.4 Å². The summed E-state index contributed by atoms with van der Waals surface area (Å²) in [4.78, 5) is 10.8. The van der Waals surface area contributed by atoms with Crippen molar-refractivity contribution in [1.82, 2.24) is 0 Å². The van der Waals surface area contributed by atoms with Crippen LogP contribution in [0.4, 0.5) is 11.4 Å². The number of para-hydroxylation sites is 1. The molecule has 1 aliphatic heterocycles. The summed E-state index contributed by atoms with van der Waals surface area (Å²) in [5, 5.41) is 14.3. The molecular formula is C16H24N2O2. The number of nitrogens with zero attached hydrogens (tertiary/aromatic N) is 1. The van der Waals surface area contributed by atoms with Crippen LogP contribution in [-0.2, 0) is 0 Å². The lowest BCUT2D eigenvalue weighted by molar-refractivity contribution is -0.383. The minimum absolute atomic E-state index is 0.211. The van der Waals surface area contributed by atoms with E-state index >= 15 is 0 Å². The summed E-state index contributed by atoms with van der Waals surface area (Å²) in [5.41, 5.74) is 2.08. The minimum Gasteiger partial charge on any atom is -0.379 e. The van der Waals surface area contributed by atoms with Crippen molar-refractivity contribution < 1.29 is 4.92 Å². The standard InChI is InChI=1S/C16H24N2O2/c1-3-4-5-6-8-12(2)14-11-17-16-13(14)9-7-10-15(16)18(19)20/h7,9-10,12,14,17H,3-6,8,11H2,1-2H3. The fourth-order valence-electron chi connectivity index (χ4n) is 3.14. The number of hydrogen-bond acceptors (Lipinski definition) is 3. The van der Waals surface area contributed by atoms with Gasteiger partial charge in [0.1, 0.15) is 5.69 Å². The molecular weight excluding hydrogens is 252 g/mol. The fourth-order valence-corrected chi connectivity index (χ4v) is 3.14. The monoisotopic (exact) mass is 276 g/mol. The van der Waals surface area contributed by atoms with E-state index in [-0.39, 0.29) is 10.6 Å². The summed E-state index contributed by atoms with van der Waals surface area (Å²) >= 11 is 0. The Kier molecular flexibility index (Phi) is 4.99. The summed E-state index contributed by atoms with van der Waals surface area (Å²) in [6.45, 7) is 5.32. The third-order valence-corrected chi connectivity index (χ3v) is 4.37. The molecule has 0 spiro atoms. The smallest absolute Gasteiger partial charge is 0.292 e. The van der Waals surface area contributed by atoms with Gasteiger partial charge in [-0.05, 0) is 11.5 Å². The Morgan fingerprint density at radius 2 is 2.20 bits per heavy atom. The molecule has 110 valence electrons. The Balaban J connectivity index is 2.04. The van der Waals surface area contributed by atoms with Gasteiger partial charge in [-0.1, -0.05) is 58.1 Å². The molecule has 0 saturated heterocycles. The van der Waals surface area contributed by atoms with E-state index in [2.05, 4.69) is 19.2 Å². The number of nitrogens with one attached hydrogen (secondary N) is 1. The molecule has 0 aliphatic carbocycles. The SMILES string of the molecule is CCCCCCC(C)C1CNc2c1cccc2[N+](=O)[O-]. The van der Waals surface area contributed by atoms with Gasteiger partial charge < -0.3 is 5.32 Å². The largest absolute Gasteiger partial charge is 0.379 e. The van der Waals surface area contributed by atoms with Crippen molar-refractivity contribution in [2.45, 2.75) is 51.9 Å². The number of anilines is 1. The van der Waals surface area contributed by atoms with Crippen molar-refractivity contribution in [3.8, 4) is 0 Å². The van der Waals surface area contributed by atoms with Crippen LogP contribution >= 0.6 is 0 Å². The van der Waals surface area contributed by atoms with Crippen molar-refractivity contribution in [2.24, 2.45) is 5.92 Å². The second-order valence-corrected chi connectivity index (χ2v) is 5.81. The first-order valence-electron chi connectivity index (χ1n) is 7.66. The van der Waals surface area contributed by atoms with Crippen LogP contribution in [-0.4, -0.2) is 11.5 Å². The van der Waals surface area contributed by atoms with Crippen molar-refractivity contribution in [2.75, 3.05) is 11.9 Å². The number of fused-ring (bicyclic) bond motifs is 1. The maximum Gasteiger partial charge on any atom is 0.292 e. The van der Waals surface area contributed by atoms with Crippen LogP contribution in [0, 0.1) is 16.0 Å². The van der Waals surface area contributed by atoms with Gasteiger partial charge in [0.2, 0.25) is 0 Å². The Labute approximate surface area is 120 Å². The molecule has 0 aromatic heterocycles. The molecule has 2 atom stereocenters. The lowest BCUT2D eigenvalue weighted by Crippen LogP contribution is -2.12. The van der Waals surface area contributed by atoms with Crippen LogP contribution < -0.4 is 5.32 Å². The van der Waals surface area contributed by atoms with Gasteiger partial charge in [-0.2, -0.15) is 0 Å². The minimum atomic E-state index is -0.292. The molecule has 1 aromatic carbocycles. The normalized spacial score (nSPS) is 18.4. The van der Waals surface area contributed by atoms with Crippen molar-refractivity contribution in [1.29, 1.82) is 0 Å². The average Bonchev–Trinajstić information content (AvgIpc) is 2.87. The quantitative estimate of drug-likeness (QED) is 0.446. The van der Waals surface area contributed by atoms with E-state index in [0.29, 0.717) is 11.8 Å². The highest BCUT2D eigenvalue weighted by atomic mass is 16.6. The summed E-state index contributed by atoms with van der Waals surface area (Å²) < 4.78 is 0. The predicted octanol–water partition coefficient (Wildman–Crippen LogP) is 4.71. The molecule has 20 heavy (non-hydrogen) atoms. The number of nitro groups is 1. The van der Waals surface area contributed by atoms with Crippen LogP contribution in [0.2, 0.25) is 0 Å². The number of benzene rings is 1. The molecule has 1 N–H and O–H groups in total. The third-order valence-electron chi connectivity index (χ3n) is 4.37. The Bertz CT molecular complexity index is 474. The third kappa shape index (κ3) is 3.11. The molecule has 2 unspecified atom stereocenters. The van der Waals surface area contributed by atoms with Gasteiger partial charge in [0.25, 0.3) is 5.69 Å². The van der Waals surface area contributed by atoms with Gasteiger partial charge >= 0.3 is 0 Å². The van der Waals surface area contributed by atoms with Gasteiger partial charge in [0.15, 0.2) is 0 Å². The van der Waals surface area contributed by atoms with Crippen molar-refractivity contribution in [3.63, 3.8) is 0 Å². The second kappa shape index (κ2) is 6.73. The Hall–Kier alpha value is -1.58. The Morgan fingerprint density at radius 1 is 1.40 bits per heavy atom. The lowest BCUT2D eigenvalue weighted by Gasteiger charge is -2.19. The number of rotatable bonds is 7. The first-order chi connectivity index (χ1) is 9.65. The topological polar surface area (TPSA) is 55.2 Å². The van der Waals surface area contributed by atoms with Crippen LogP contribution in [0.15, 0.2) is 18.2 Å². The van der Waals surface area contributed by atoms with Gasteiger partial charge in [-0.3, -0.25) is 10.1 Å². The predicted molar refractivity (Wildman–Crippen MR) is 82.3 cm³/mol. The molecule has 2 rings (SSSR count). The van der Waals surface area contributed by atoms with Crippen molar-refractivity contribution >= 4 is 11.4 Å². The van der Waals surface area contributed by atoms with Crippen LogP contribution in [0.3, 0.4) is 0 Å². The highest BCUT2D eigenvalue weighted by Gasteiger charge is 2.31. The zero-order valence-electron chi connectivity index (χ0n) is 12.4. The maximum atomic E-state index is 11.0. The number of nitro benzene ring substituents is 1. The average molecular weight is 276 g/mol. The highest BCUT2D eigenvalue weighted by Crippen LogP contribution is 2.42. The van der Waals surface area contributed by atoms with E-state index in [1.54, 1.807) is 12.1 Å². The van der Waals surface area contributed by atoms with Crippen molar-refractivity contribution in [3.05, 3.63) is 33.9 Å². The van der Waals surface area contributed by atoms with E-state index in [9.17, 15) is 10.1 Å². The first kappa shape index (κ1) is 14.8. The molecule has 4 heteroatoms. The van der Waals surface area contributed by atoms with Crippen LogP contribution in [0.5, 0.6) is 0 Å². The molecule has 0 fully saturated rings. The highest BCUT2D eigenvalue weighted by molar-refractivity contribution is 5.70. The van der Waals surface area contributed by atoms with Gasteiger partial charge in [-0.15, -0.1) is 0 Å². The second-order valence-electron chi connectivity index (χ2n) is 5.81. The van der Waals surface area contributed by atoms with Crippen LogP contribution in [0.25, 0.3) is 0 Å².